The summed E-state index contributed by atoms with van der Waals surface area (Å²) < 4.78 is 5.53. The zero-order valence-electron chi connectivity index (χ0n) is 11.9. The monoisotopic (exact) mass is 279 g/mol. The van der Waals surface area contributed by atoms with E-state index in [1.165, 1.54) is 13.1 Å². The van der Waals surface area contributed by atoms with Crippen LogP contribution in [-0.2, 0) is 14.3 Å². The predicted octanol–water partition coefficient (Wildman–Crippen LogP) is 0.407. The van der Waals surface area contributed by atoms with E-state index < -0.39 is 11.9 Å². The number of hydrogen-bond donors (Lipinski definition) is 1. The van der Waals surface area contributed by atoms with E-state index in [-0.39, 0.29) is 16.8 Å². The Morgan fingerprint density at radius 3 is 2.55 bits per heavy atom. The highest BCUT2D eigenvalue weighted by Crippen LogP contribution is 2.27. The van der Waals surface area contributed by atoms with E-state index in [4.69, 9.17) is 9.84 Å². The number of nitrogens with zero attached hydrogens (tertiary/aromatic N) is 3. The molecule has 108 valence electrons. The van der Waals surface area contributed by atoms with Gasteiger partial charge in [-0.1, -0.05) is 0 Å². The lowest BCUT2D eigenvalue weighted by Gasteiger charge is -2.25. The molecule has 0 unspecified atom stereocenters. The number of hydrogen-bond acceptors (Lipinski definition) is 5. The highest BCUT2D eigenvalue weighted by Gasteiger charge is 2.35. The molecule has 0 radical (unpaired) electrons. The Labute approximate surface area is 116 Å². The van der Waals surface area contributed by atoms with Gasteiger partial charge in [-0.3, -0.25) is 4.79 Å². The van der Waals surface area contributed by atoms with Gasteiger partial charge in [-0.05, 0) is 26.0 Å². The fourth-order valence-electron chi connectivity index (χ4n) is 1.89. The third-order valence-corrected chi connectivity index (χ3v) is 3.44. The first-order chi connectivity index (χ1) is 9.24. The summed E-state index contributed by atoms with van der Waals surface area (Å²) in [5, 5.41) is 13.7. The lowest BCUT2D eigenvalue weighted by atomic mass is 10.1. The average Bonchev–Trinajstić information content (AvgIpc) is 2.79. The van der Waals surface area contributed by atoms with E-state index in [1.807, 2.05) is 25.8 Å². The van der Waals surface area contributed by atoms with Gasteiger partial charge >= 0.3 is 5.97 Å². The second kappa shape index (κ2) is 4.66. The van der Waals surface area contributed by atoms with Crippen molar-refractivity contribution in [3.05, 3.63) is 23.6 Å². The fraction of sp³-hybridized carbons (Fsp3) is 0.462. The molecule has 0 bridgehead atoms. The summed E-state index contributed by atoms with van der Waals surface area (Å²) in [6.45, 7) is 4.59. The van der Waals surface area contributed by atoms with E-state index in [0.717, 1.165) is 5.01 Å². The maximum absolute atomic E-state index is 11.8. The minimum absolute atomic E-state index is 0.0502. The van der Waals surface area contributed by atoms with Gasteiger partial charge in [-0.25, -0.2) is 9.80 Å². The van der Waals surface area contributed by atoms with Crippen LogP contribution in [0.3, 0.4) is 0 Å². The van der Waals surface area contributed by atoms with E-state index in [2.05, 4.69) is 5.10 Å². The third-order valence-electron chi connectivity index (χ3n) is 3.44. The number of carboxylic acids is 1. The number of carbonyl (C=O) groups is 2. The average molecular weight is 279 g/mol. The molecule has 2 rings (SSSR count). The molecule has 0 aromatic carbocycles. The van der Waals surface area contributed by atoms with E-state index in [9.17, 15) is 9.59 Å². The van der Waals surface area contributed by atoms with Crippen molar-refractivity contribution in [2.75, 3.05) is 20.7 Å². The Bertz CT molecular complexity index is 560. The number of carbonyl (C=O) groups excluding carboxylic acids is 1. The van der Waals surface area contributed by atoms with Crippen LogP contribution in [0, 0.1) is 0 Å². The second-order valence-electron chi connectivity index (χ2n) is 5.33. The van der Waals surface area contributed by atoms with Crippen molar-refractivity contribution in [3.8, 4) is 0 Å². The van der Waals surface area contributed by atoms with Crippen molar-refractivity contribution < 1.29 is 19.4 Å². The molecule has 0 aromatic rings. The number of ether oxygens (including phenoxy) is 1. The number of carboxylic acid groups (broad SMARTS) is 1. The standard InChI is InChI=1S/C13H17N3O4/c1-13(2)7-20-9(15(13)3)6-5-8-10(12(18)19)14-16(4)11(8)17/h5-6H,7H2,1-4H3,(H,18,19)/b8-5+,9-6+. The molecule has 1 N–H and O–H groups in total. The molecule has 0 spiro atoms. The normalized spacial score (nSPS) is 25.4. The van der Waals surface area contributed by atoms with E-state index in [1.54, 1.807) is 6.08 Å². The Kier molecular flexibility index (Phi) is 3.29. The first-order valence-electron chi connectivity index (χ1n) is 6.13. The number of amides is 1. The minimum Gasteiger partial charge on any atom is -0.477 e. The third kappa shape index (κ3) is 2.26. The fourth-order valence-corrected chi connectivity index (χ4v) is 1.89. The van der Waals surface area contributed by atoms with Crippen LogP contribution in [0.5, 0.6) is 0 Å². The van der Waals surface area contributed by atoms with E-state index >= 15 is 0 Å². The number of aliphatic carboxylic acids is 1. The molecule has 0 atom stereocenters. The lowest BCUT2D eigenvalue weighted by molar-refractivity contribution is -0.129. The summed E-state index contributed by atoms with van der Waals surface area (Å²) >= 11 is 0. The molecule has 1 fully saturated rings. The molecule has 2 aliphatic rings. The van der Waals surface area contributed by atoms with Crippen molar-refractivity contribution in [2.24, 2.45) is 5.10 Å². The summed E-state index contributed by atoms with van der Waals surface area (Å²) in [4.78, 5) is 24.8. The van der Waals surface area contributed by atoms with Crippen molar-refractivity contribution in [1.29, 1.82) is 0 Å². The van der Waals surface area contributed by atoms with Crippen molar-refractivity contribution in [2.45, 2.75) is 19.4 Å². The van der Waals surface area contributed by atoms with Gasteiger partial charge in [0, 0.05) is 14.1 Å². The second-order valence-corrected chi connectivity index (χ2v) is 5.33. The number of hydrazone groups is 1. The van der Waals surface area contributed by atoms with Gasteiger partial charge in [0.05, 0.1) is 11.1 Å². The topological polar surface area (TPSA) is 82.4 Å². The molecule has 0 aliphatic carbocycles. The highest BCUT2D eigenvalue weighted by molar-refractivity contribution is 6.50. The summed E-state index contributed by atoms with van der Waals surface area (Å²) in [7, 11) is 3.30. The van der Waals surface area contributed by atoms with Crippen molar-refractivity contribution >= 4 is 17.6 Å². The number of likely N-dealkylation sites (N-methyl/N-ethyl adjacent to an activating group) is 2. The zero-order valence-corrected chi connectivity index (χ0v) is 11.9. The van der Waals surface area contributed by atoms with Gasteiger partial charge < -0.3 is 14.7 Å². The van der Waals surface area contributed by atoms with Crippen LogP contribution in [0.1, 0.15) is 13.8 Å². The minimum atomic E-state index is -1.23. The van der Waals surface area contributed by atoms with Gasteiger partial charge in [0.25, 0.3) is 5.91 Å². The van der Waals surface area contributed by atoms with Gasteiger partial charge in [0.2, 0.25) is 0 Å². The molecule has 7 heteroatoms. The number of allylic oxidation sites excluding steroid dienone is 2. The molecule has 1 saturated heterocycles. The molecule has 2 heterocycles. The SMILES string of the molecule is CN1N=C(C(=O)O)/C(=C\C=C2\OCC(C)(C)N2C)C1=O. The smallest absolute Gasteiger partial charge is 0.357 e. The van der Waals surface area contributed by atoms with Crippen molar-refractivity contribution in [3.63, 3.8) is 0 Å². The first kappa shape index (κ1) is 14.1. The Hall–Kier alpha value is -2.31. The Morgan fingerprint density at radius 2 is 2.05 bits per heavy atom. The summed E-state index contributed by atoms with van der Waals surface area (Å²) in [6, 6.07) is 0. The molecule has 7 nitrogen and oxygen atoms in total. The zero-order chi connectivity index (χ0) is 15.1. The molecular weight excluding hydrogens is 262 g/mol. The lowest BCUT2D eigenvalue weighted by Crippen LogP contribution is -2.36. The largest absolute Gasteiger partial charge is 0.477 e. The molecule has 20 heavy (non-hydrogen) atoms. The summed E-state index contributed by atoms with van der Waals surface area (Å²) in [5.41, 5.74) is -0.340. The predicted molar refractivity (Wildman–Crippen MR) is 71.8 cm³/mol. The van der Waals surface area contributed by atoms with Gasteiger partial charge in [0.15, 0.2) is 11.6 Å². The maximum Gasteiger partial charge on any atom is 0.357 e. The summed E-state index contributed by atoms with van der Waals surface area (Å²) in [5.74, 6) is -1.08. The molecule has 0 aromatic heterocycles. The molecular formula is C13H17N3O4. The molecule has 2 aliphatic heterocycles. The molecule has 1 amide bonds. The molecule has 0 saturated carbocycles. The van der Waals surface area contributed by atoms with E-state index in [0.29, 0.717) is 12.5 Å². The van der Waals surface area contributed by atoms with Gasteiger partial charge in [-0.15, -0.1) is 0 Å². The number of rotatable bonds is 2. The van der Waals surface area contributed by atoms with Gasteiger partial charge in [-0.2, -0.15) is 5.10 Å². The van der Waals surface area contributed by atoms with Crippen LogP contribution < -0.4 is 0 Å². The quantitative estimate of drug-likeness (QED) is 0.740. The Morgan fingerprint density at radius 1 is 1.40 bits per heavy atom. The van der Waals surface area contributed by atoms with Crippen LogP contribution in [0.25, 0.3) is 0 Å². The first-order valence-corrected chi connectivity index (χ1v) is 6.13. The maximum atomic E-state index is 11.8. The van der Waals surface area contributed by atoms with Gasteiger partial charge in [0.1, 0.15) is 6.61 Å². The Balaban J connectivity index is 2.30. The summed E-state index contributed by atoms with van der Waals surface area (Å²) in [6.07, 6.45) is 3.03. The van der Waals surface area contributed by atoms with Crippen LogP contribution in [0.4, 0.5) is 0 Å². The van der Waals surface area contributed by atoms with Crippen LogP contribution >= 0.6 is 0 Å². The van der Waals surface area contributed by atoms with Crippen LogP contribution in [0.15, 0.2) is 28.7 Å². The highest BCUT2D eigenvalue weighted by atomic mass is 16.5. The van der Waals surface area contributed by atoms with Crippen molar-refractivity contribution in [1.82, 2.24) is 9.91 Å². The van der Waals surface area contributed by atoms with Crippen LogP contribution in [-0.4, -0.2) is 58.8 Å². The van der Waals surface area contributed by atoms with Crippen LogP contribution in [0.2, 0.25) is 0 Å².